The molecule has 1 aromatic carbocycles. The van der Waals surface area contributed by atoms with Gasteiger partial charge in [0.1, 0.15) is 5.82 Å². The highest BCUT2D eigenvalue weighted by Crippen LogP contribution is 2.16. The summed E-state index contributed by atoms with van der Waals surface area (Å²) in [6.07, 6.45) is 2.29. The fourth-order valence-electron chi connectivity index (χ4n) is 2.28. The number of hydrogen-bond acceptors (Lipinski definition) is 2. The average molecular weight is 366 g/mol. The van der Waals surface area contributed by atoms with Crippen LogP contribution in [0.3, 0.4) is 0 Å². The van der Waals surface area contributed by atoms with Gasteiger partial charge in [0, 0.05) is 16.9 Å². The first kappa shape index (κ1) is 17.4. The van der Waals surface area contributed by atoms with E-state index in [0.29, 0.717) is 18.5 Å². The molecule has 0 atom stereocenters. The van der Waals surface area contributed by atoms with Crippen LogP contribution < -0.4 is 10.6 Å². The zero-order valence-electron chi connectivity index (χ0n) is 11.1. The molecule has 112 valence electrons. The molecule has 1 fully saturated rings. The van der Waals surface area contributed by atoms with Crippen molar-refractivity contribution in [3.8, 4) is 0 Å². The van der Waals surface area contributed by atoms with Crippen molar-refractivity contribution in [1.82, 2.24) is 10.6 Å². The Labute approximate surface area is 133 Å². The lowest BCUT2D eigenvalue weighted by atomic mass is 9.97. The summed E-state index contributed by atoms with van der Waals surface area (Å²) in [4.78, 5) is 11.9. The fourth-order valence-corrected chi connectivity index (χ4v) is 2.69. The second kappa shape index (κ2) is 8.60. The lowest BCUT2D eigenvalue weighted by Gasteiger charge is -2.21. The van der Waals surface area contributed by atoms with Gasteiger partial charge in [0.25, 0.3) is 0 Å². The SMILES string of the molecule is Cl.O=C(NCCc1cc(Br)ccc1F)C1CCNCC1. The smallest absolute Gasteiger partial charge is 0.223 e. The summed E-state index contributed by atoms with van der Waals surface area (Å²) >= 11 is 3.32. The van der Waals surface area contributed by atoms with Gasteiger partial charge in [-0.15, -0.1) is 12.4 Å². The molecule has 1 heterocycles. The summed E-state index contributed by atoms with van der Waals surface area (Å²) in [6, 6.07) is 4.87. The number of piperidine rings is 1. The Morgan fingerprint density at radius 3 is 2.80 bits per heavy atom. The minimum Gasteiger partial charge on any atom is -0.356 e. The van der Waals surface area contributed by atoms with E-state index >= 15 is 0 Å². The molecular weight excluding hydrogens is 347 g/mol. The van der Waals surface area contributed by atoms with E-state index in [2.05, 4.69) is 26.6 Å². The van der Waals surface area contributed by atoms with E-state index in [1.165, 1.54) is 6.07 Å². The lowest BCUT2D eigenvalue weighted by Crippen LogP contribution is -2.38. The van der Waals surface area contributed by atoms with Crippen molar-refractivity contribution in [2.24, 2.45) is 5.92 Å². The molecule has 0 aliphatic carbocycles. The van der Waals surface area contributed by atoms with Crippen LogP contribution in [0.25, 0.3) is 0 Å². The maximum absolute atomic E-state index is 13.5. The van der Waals surface area contributed by atoms with Gasteiger partial charge in [-0.25, -0.2) is 4.39 Å². The quantitative estimate of drug-likeness (QED) is 0.861. The molecular formula is C14H19BrClFN2O. The second-order valence-corrected chi connectivity index (χ2v) is 5.72. The Bertz CT molecular complexity index is 453. The van der Waals surface area contributed by atoms with E-state index in [-0.39, 0.29) is 30.0 Å². The van der Waals surface area contributed by atoms with E-state index in [0.717, 1.165) is 30.4 Å². The summed E-state index contributed by atoms with van der Waals surface area (Å²) in [5.41, 5.74) is 0.625. The van der Waals surface area contributed by atoms with Gasteiger partial charge in [0.05, 0.1) is 0 Å². The third kappa shape index (κ3) is 5.04. The zero-order chi connectivity index (χ0) is 13.7. The molecule has 2 rings (SSSR count). The topological polar surface area (TPSA) is 41.1 Å². The third-order valence-electron chi connectivity index (χ3n) is 3.41. The number of amides is 1. The van der Waals surface area contributed by atoms with Gasteiger partial charge in [-0.3, -0.25) is 4.79 Å². The first-order valence-electron chi connectivity index (χ1n) is 6.59. The summed E-state index contributed by atoms with van der Waals surface area (Å²) in [7, 11) is 0. The van der Waals surface area contributed by atoms with Gasteiger partial charge in [-0.1, -0.05) is 15.9 Å². The van der Waals surface area contributed by atoms with E-state index < -0.39 is 0 Å². The van der Waals surface area contributed by atoms with Crippen molar-refractivity contribution in [2.45, 2.75) is 19.3 Å². The number of halogens is 3. The van der Waals surface area contributed by atoms with E-state index in [1.807, 2.05) is 0 Å². The zero-order valence-corrected chi connectivity index (χ0v) is 13.5. The molecule has 0 unspecified atom stereocenters. The van der Waals surface area contributed by atoms with Crippen LogP contribution in [0.1, 0.15) is 18.4 Å². The second-order valence-electron chi connectivity index (χ2n) is 4.80. The van der Waals surface area contributed by atoms with Crippen molar-refractivity contribution < 1.29 is 9.18 Å². The Hall–Kier alpha value is -0.650. The van der Waals surface area contributed by atoms with Crippen molar-refractivity contribution in [2.75, 3.05) is 19.6 Å². The largest absolute Gasteiger partial charge is 0.356 e. The maximum atomic E-state index is 13.5. The van der Waals surface area contributed by atoms with E-state index in [9.17, 15) is 9.18 Å². The van der Waals surface area contributed by atoms with Crippen LogP contribution in [0, 0.1) is 11.7 Å². The molecule has 0 spiro atoms. The molecule has 1 aliphatic heterocycles. The lowest BCUT2D eigenvalue weighted by molar-refractivity contribution is -0.125. The highest BCUT2D eigenvalue weighted by Gasteiger charge is 2.20. The van der Waals surface area contributed by atoms with Crippen molar-refractivity contribution >= 4 is 34.2 Å². The monoisotopic (exact) mass is 364 g/mol. The molecule has 3 nitrogen and oxygen atoms in total. The van der Waals surface area contributed by atoms with Crippen LogP contribution in [-0.4, -0.2) is 25.5 Å². The standard InChI is InChI=1S/C14H18BrFN2O.ClH/c15-12-1-2-13(16)11(9-12)5-8-18-14(19)10-3-6-17-7-4-10;/h1-2,9-10,17H,3-8H2,(H,18,19);1H. The molecule has 1 amide bonds. The van der Waals surface area contributed by atoms with Crippen molar-refractivity contribution in [3.05, 3.63) is 34.1 Å². The molecule has 0 saturated carbocycles. The minimum atomic E-state index is -0.223. The molecule has 2 N–H and O–H groups in total. The highest BCUT2D eigenvalue weighted by molar-refractivity contribution is 9.10. The van der Waals surface area contributed by atoms with Gasteiger partial charge in [-0.05, 0) is 56.1 Å². The minimum absolute atomic E-state index is 0. The van der Waals surface area contributed by atoms with Gasteiger partial charge < -0.3 is 10.6 Å². The van der Waals surface area contributed by atoms with Gasteiger partial charge in [-0.2, -0.15) is 0 Å². The molecule has 1 aliphatic rings. The predicted octanol–water partition coefficient (Wildman–Crippen LogP) is 2.67. The van der Waals surface area contributed by atoms with Crippen LogP contribution in [0.4, 0.5) is 4.39 Å². The molecule has 20 heavy (non-hydrogen) atoms. The summed E-state index contributed by atoms with van der Waals surface area (Å²) in [5.74, 6) is -0.0233. The molecule has 0 aromatic heterocycles. The van der Waals surface area contributed by atoms with Gasteiger partial charge in [0.2, 0.25) is 5.91 Å². The Morgan fingerprint density at radius 2 is 2.10 bits per heavy atom. The third-order valence-corrected chi connectivity index (χ3v) is 3.90. The fraction of sp³-hybridized carbons (Fsp3) is 0.500. The highest BCUT2D eigenvalue weighted by atomic mass is 79.9. The number of rotatable bonds is 4. The molecule has 0 radical (unpaired) electrons. The number of carbonyl (C=O) groups excluding carboxylic acids is 1. The molecule has 6 heteroatoms. The van der Waals surface area contributed by atoms with Crippen molar-refractivity contribution in [3.63, 3.8) is 0 Å². The Morgan fingerprint density at radius 1 is 1.40 bits per heavy atom. The normalized spacial score (nSPS) is 15.5. The van der Waals surface area contributed by atoms with Crippen LogP contribution in [0.2, 0.25) is 0 Å². The van der Waals surface area contributed by atoms with Crippen LogP contribution in [0.15, 0.2) is 22.7 Å². The molecule has 1 saturated heterocycles. The number of benzene rings is 1. The maximum Gasteiger partial charge on any atom is 0.223 e. The first-order chi connectivity index (χ1) is 9.16. The summed E-state index contributed by atoms with van der Waals surface area (Å²) in [6.45, 7) is 2.28. The van der Waals surface area contributed by atoms with Crippen LogP contribution in [0.5, 0.6) is 0 Å². The Kier molecular flexibility index (Phi) is 7.48. The Balaban J connectivity index is 0.00000200. The number of hydrogen-bond donors (Lipinski definition) is 2. The molecule has 0 bridgehead atoms. The van der Waals surface area contributed by atoms with Gasteiger partial charge in [0.15, 0.2) is 0 Å². The van der Waals surface area contributed by atoms with Gasteiger partial charge >= 0.3 is 0 Å². The predicted molar refractivity (Wildman–Crippen MR) is 83.7 cm³/mol. The van der Waals surface area contributed by atoms with E-state index in [4.69, 9.17) is 0 Å². The number of carbonyl (C=O) groups is 1. The van der Waals surface area contributed by atoms with Crippen LogP contribution >= 0.6 is 28.3 Å². The van der Waals surface area contributed by atoms with E-state index in [1.54, 1.807) is 12.1 Å². The summed E-state index contributed by atoms with van der Waals surface area (Å²) < 4.78 is 14.4. The average Bonchev–Trinajstić information content (AvgIpc) is 2.43. The summed E-state index contributed by atoms with van der Waals surface area (Å²) in [5, 5.41) is 6.13. The molecule has 1 aromatic rings. The number of nitrogens with one attached hydrogen (secondary N) is 2. The first-order valence-corrected chi connectivity index (χ1v) is 7.38. The van der Waals surface area contributed by atoms with Crippen LogP contribution in [-0.2, 0) is 11.2 Å². The van der Waals surface area contributed by atoms with Crippen molar-refractivity contribution in [1.29, 1.82) is 0 Å².